The van der Waals surface area contributed by atoms with Gasteiger partial charge < -0.3 is 4.74 Å². The molecule has 0 saturated heterocycles. The van der Waals surface area contributed by atoms with Crippen LogP contribution in [-0.4, -0.2) is 36.8 Å². The zero-order valence-corrected chi connectivity index (χ0v) is 10.5. The molecule has 1 unspecified atom stereocenters. The lowest BCUT2D eigenvalue weighted by atomic mass is 9.98. The molecular formula is C13H14N2O3. The predicted octanol–water partition coefficient (Wildman–Crippen LogP) is 1.29. The molecule has 1 aromatic carbocycles. The Kier molecular flexibility index (Phi) is 3.14. The Bertz CT molecular complexity index is 520. The molecular weight excluding hydrogens is 232 g/mol. The number of methoxy groups -OCH3 is 1. The minimum Gasteiger partial charge on any atom is -0.465 e. The number of rotatable bonds is 2. The van der Waals surface area contributed by atoms with Gasteiger partial charge in [0.05, 0.1) is 24.3 Å². The molecule has 94 valence electrons. The lowest BCUT2D eigenvalue weighted by molar-refractivity contribution is -0.130. The fourth-order valence-electron chi connectivity index (χ4n) is 1.90. The van der Waals surface area contributed by atoms with Crippen LogP contribution in [0.25, 0.3) is 0 Å². The summed E-state index contributed by atoms with van der Waals surface area (Å²) in [6.07, 6.45) is 0. The number of benzene rings is 1. The molecule has 1 amide bonds. The molecule has 0 fully saturated rings. The Balaban J connectivity index is 2.28. The zero-order valence-electron chi connectivity index (χ0n) is 10.5. The molecule has 1 aliphatic heterocycles. The third-order valence-electron chi connectivity index (χ3n) is 2.96. The van der Waals surface area contributed by atoms with Crippen LogP contribution in [0.4, 0.5) is 0 Å². The zero-order chi connectivity index (χ0) is 13.3. The largest absolute Gasteiger partial charge is 0.465 e. The van der Waals surface area contributed by atoms with Gasteiger partial charge >= 0.3 is 5.97 Å². The summed E-state index contributed by atoms with van der Waals surface area (Å²) in [7, 11) is 2.97. The number of esters is 1. The summed E-state index contributed by atoms with van der Waals surface area (Å²) in [6.45, 7) is 1.82. The second-order valence-electron chi connectivity index (χ2n) is 4.14. The van der Waals surface area contributed by atoms with E-state index in [1.54, 1.807) is 31.3 Å². The second-order valence-corrected chi connectivity index (χ2v) is 4.14. The van der Waals surface area contributed by atoms with Crippen LogP contribution in [0.1, 0.15) is 22.8 Å². The lowest BCUT2D eigenvalue weighted by Crippen LogP contribution is -2.22. The van der Waals surface area contributed by atoms with Crippen LogP contribution in [0.5, 0.6) is 0 Å². The Labute approximate surface area is 105 Å². The molecule has 0 bridgehead atoms. The maximum Gasteiger partial charge on any atom is 0.337 e. The number of ether oxygens (including phenoxy) is 1. The van der Waals surface area contributed by atoms with Crippen LogP contribution in [0.15, 0.2) is 29.4 Å². The quantitative estimate of drug-likeness (QED) is 0.739. The highest BCUT2D eigenvalue weighted by Crippen LogP contribution is 2.19. The average Bonchev–Trinajstić information content (AvgIpc) is 2.66. The van der Waals surface area contributed by atoms with Crippen molar-refractivity contribution in [1.29, 1.82) is 0 Å². The van der Waals surface area contributed by atoms with Crippen LogP contribution in [0, 0.1) is 5.92 Å². The third-order valence-corrected chi connectivity index (χ3v) is 2.96. The lowest BCUT2D eigenvalue weighted by Gasteiger charge is -2.05. The first-order valence-corrected chi connectivity index (χ1v) is 5.59. The van der Waals surface area contributed by atoms with Gasteiger partial charge in [0.25, 0.3) is 5.91 Å². The fourth-order valence-corrected chi connectivity index (χ4v) is 1.90. The first-order chi connectivity index (χ1) is 8.54. The van der Waals surface area contributed by atoms with E-state index >= 15 is 0 Å². The van der Waals surface area contributed by atoms with E-state index < -0.39 is 0 Å². The van der Waals surface area contributed by atoms with Crippen molar-refractivity contribution in [3.05, 3.63) is 35.4 Å². The molecule has 1 atom stereocenters. The topological polar surface area (TPSA) is 59.0 Å². The average molecular weight is 246 g/mol. The van der Waals surface area contributed by atoms with Crippen molar-refractivity contribution in [2.24, 2.45) is 11.0 Å². The van der Waals surface area contributed by atoms with Gasteiger partial charge in [0.15, 0.2) is 0 Å². The first kappa shape index (κ1) is 12.3. The second kappa shape index (κ2) is 4.60. The van der Waals surface area contributed by atoms with Gasteiger partial charge in [0, 0.05) is 7.05 Å². The molecule has 0 aliphatic carbocycles. The van der Waals surface area contributed by atoms with Gasteiger partial charge in [-0.3, -0.25) is 4.79 Å². The van der Waals surface area contributed by atoms with E-state index in [4.69, 9.17) is 0 Å². The normalized spacial score (nSPS) is 18.8. The van der Waals surface area contributed by atoms with Gasteiger partial charge in [0.1, 0.15) is 0 Å². The van der Waals surface area contributed by atoms with Crippen molar-refractivity contribution in [2.45, 2.75) is 6.92 Å². The van der Waals surface area contributed by atoms with Gasteiger partial charge in [0.2, 0.25) is 0 Å². The van der Waals surface area contributed by atoms with Gasteiger partial charge in [-0.15, -0.1) is 0 Å². The van der Waals surface area contributed by atoms with Crippen LogP contribution in [-0.2, 0) is 9.53 Å². The van der Waals surface area contributed by atoms with Gasteiger partial charge in [-0.05, 0) is 24.6 Å². The minimum atomic E-state index is -0.379. The number of amides is 1. The predicted molar refractivity (Wildman–Crippen MR) is 66.3 cm³/mol. The van der Waals surface area contributed by atoms with E-state index in [-0.39, 0.29) is 17.8 Å². The molecule has 0 spiro atoms. The van der Waals surface area contributed by atoms with E-state index in [0.717, 1.165) is 11.3 Å². The van der Waals surface area contributed by atoms with E-state index in [9.17, 15) is 9.59 Å². The number of carbonyl (C=O) groups is 2. The summed E-state index contributed by atoms with van der Waals surface area (Å²) in [6, 6.07) is 6.88. The summed E-state index contributed by atoms with van der Waals surface area (Å²) in [4.78, 5) is 22.9. The van der Waals surface area contributed by atoms with Gasteiger partial charge in [-0.2, -0.15) is 5.10 Å². The Morgan fingerprint density at radius 1 is 1.33 bits per heavy atom. The van der Waals surface area contributed by atoms with Crippen LogP contribution >= 0.6 is 0 Å². The van der Waals surface area contributed by atoms with Crippen molar-refractivity contribution < 1.29 is 14.3 Å². The summed E-state index contributed by atoms with van der Waals surface area (Å²) in [5.41, 5.74) is 2.04. The molecule has 1 heterocycles. The van der Waals surface area contributed by atoms with Crippen molar-refractivity contribution in [3.8, 4) is 0 Å². The summed E-state index contributed by atoms with van der Waals surface area (Å²) < 4.78 is 4.63. The summed E-state index contributed by atoms with van der Waals surface area (Å²) in [5, 5.41) is 5.54. The third kappa shape index (κ3) is 1.99. The Morgan fingerprint density at radius 3 is 2.39 bits per heavy atom. The highest BCUT2D eigenvalue weighted by Gasteiger charge is 2.30. The molecule has 0 aromatic heterocycles. The van der Waals surface area contributed by atoms with Crippen LogP contribution < -0.4 is 0 Å². The van der Waals surface area contributed by atoms with Crippen LogP contribution in [0.3, 0.4) is 0 Å². The van der Waals surface area contributed by atoms with Crippen molar-refractivity contribution in [2.75, 3.05) is 14.2 Å². The van der Waals surface area contributed by atoms with E-state index in [1.165, 1.54) is 12.1 Å². The fraction of sp³-hybridized carbons (Fsp3) is 0.308. The Morgan fingerprint density at radius 2 is 1.94 bits per heavy atom. The molecule has 0 N–H and O–H groups in total. The standard InChI is InChI=1S/C13H14N2O3/c1-8-11(14-15(2)12(8)16)9-4-6-10(7-5-9)13(17)18-3/h4-8H,1-3H3. The molecule has 2 rings (SSSR count). The maximum atomic E-state index is 11.6. The molecule has 18 heavy (non-hydrogen) atoms. The van der Waals surface area contributed by atoms with E-state index in [0.29, 0.717) is 5.56 Å². The number of hydrogen-bond acceptors (Lipinski definition) is 4. The molecule has 0 saturated carbocycles. The number of hydrogen-bond donors (Lipinski definition) is 0. The van der Waals surface area contributed by atoms with Crippen LogP contribution in [0.2, 0.25) is 0 Å². The summed E-state index contributed by atoms with van der Waals surface area (Å²) >= 11 is 0. The SMILES string of the molecule is COC(=O)c1ccc(C2=NN(C)C(=O)C2C)cc1. The van der Waals surface area contributed by atoms with Gasteiger partial charge in [-0.25, -0.2) is 9.80 Å². The number of hydrazone groups is 1. The molecule has 0 radical (unpaired) electrons. The molecule has 1 aliphatic rings. The number of nitrogens with zero attached hydrogens (tertiary/aromatic N) is 2. The van der Waals surface area contributed by atoms with E-state index in [1.807, 2.05) is 6.92 Å². The monoisotopic (exact) mass is 246 g/mol. The van der Waals surface area contributed by atoms with E-state index in [2.05, 4.69) is 9.84 Å². The van der Waals surface area contributed by atoms with Crippen molar-refractivity contribution in [1.82, 2.24) is 5.01 Å². The molecule has 5 nitrogen and oxygen atoms in total. The highest BCUT2D eigenvalue weighted by molar-refractivity contribution is 6.15. The van der Waals surface area contributed by atoms with Crippen molar-refractivity contribution >= 4 is 17.6 Å². The first-order valence-electron chi connectivity index (χ1n) is 5.59. The number of carbonyl (C=O) groups excluding carboxylic acids is 2. The van der Waals surface area contributed by atoms with Gasteiger partial charge in [-0.1, -0.05) is 12.1 Å². The highest BCUT2D eigenvalue weighted by atomic mass is 16.5. The summed E-state index contributed by atoms with van der Waals surface area (Å²) in [5.74, 6) is -0.655. The molecule has 1 aromatic rings. The Hall–Kier alpha value is -2.17. The smallest absolute Gasteiger partial charge is 0.337 e. The minimum absolute atomic E-state index is 0.0259. The maximum absolute atomic E-state index is 11.6. The van der Waals surface area contributed by atoms with Crippen molar-refractivity contribution in [3.63, 3.8) is 0 Å². The molecule has 5 heteroatoms.